The van der Waals surface area contributed by atoms with Crippen LogP contribution in [0.15, 0.2) is 64.4 Å². The maximum absolute atomic E-state index is 12.3. The van der Waals surface area contributed by atoms with Crippen LogP contribution in [0.2, 0.25) is 0 Å². The molecule has 128 valence electrons. The highest BCUT2D eigenvalue weighted by molar-refractivity contribution is 7.99. The zero-order chi connectivity index (χ0) is 17.6. The molecule has 0 aliphatic rings. The molecule has 0 saturated carbocycles. The zero-order valence-corrected chi connectivity index (χ0v) is 15.0. The summed E-state index contributed by atoms with van der Waals surface area (Å²) in [4.78, 5) is 22.9. The Balaban J connectivity index is 1.64. The van der Waals surface area contributed by atoms with Crippen molar-refractivity contribution < 1.29 is 9.21 Å². The first-order valence-electron chi connectivity index (χ1n) is 7.92. The van der Waals surface area contributed by atoms with Crippen LogP contribution in [0.1, 0.15) is 11.5 Å². The van der Waals surface area contributed by atoms with Gasteiger partial charge in [-0.05, 0) is 25.1 Å². The quantitative estimate of drug-likeness (QED) is 0.498. The first-order valence-corrected chi connectivity index (χ1v) is 8.90. The summed E-state index contributed by atoms with van der Waals surface area (Å²) >= 11 is 1.35. The topological polar surface area (TPSA) is 59.2 Å². The highest BCUT2D eigenvalue weighted by atomic mass is 32.2. The molecule has 5 nitrogen and oxygen atoms in total. The predicted molar refractivity (Wildman–Crippen MR) is 98.1 cm³/mol. The van der Waals surface area contributed by atoms with Crippen molar-refractivity contribution in [3.63, 3.8) is 0 Å². The Bertz CT molecular complexity index is 835. The molecular weight excluding hydrogens is 334 g/mol. The van der Waals surface area contributed by atoms with Gasteiger partial charge in [-0.25, -0.2) is 9.97 Å². The molecule has 3 aromatic rings. The summed E-state index contributed by atoms with van der Waals surface area (Å²) in [6, 6.07) is 15.6. The molecule has 0 spiro atoms. The van der Waals surface area contributed by atoms with Gasteiger partial charge in [-0.1, -0.05) is 42.1 Å². The van der Waals surface area contributed by atoms with Gasteiger partial charge >= 0.3 is 0 Å². The maximum atomic E-state index is 12.3. The highest BCUT2D eigenvalue weighted by Gasteiger charge is 2.13. The van der Waals surface area contributed by atoms with Crippen LogP contribution in [-0.4, -0.2) is 33.6 Å². The van der Waals surface area contributed by atoms with E-state index in [1.165, 1.54) is 11.8 Å². The first-order chi connectivity index (χ1) is 12.1. The van der Waals surface area contributed by atoms with E-state index in [0.717, 1.165) is 22.7 Å². The number of thioether (sulfide) groups is 1. The monoisotopic (exact) mass is 353 g/mol. The fraction of sp³-hybridized carbons (Fsp3) is 0.211. The zero-order valence-electron chi connectivity index (χ0n) is 14.2. The van der Waals surface area contributed by atoms with Gasteiger partial charge in [0, 0.05) is 18.3 Å². The Morgan fingerprint density at radius 1 is 1.16 bits per heavy atom. The third-order valence-electron chi connectivity index (χ3n) is 3.63. The van der Waals surface area contributed by atoms with Crippen molar-refractivity contribution in [2.24, 2.45) is 0 Å². The van der Waals surface area contributed by atoms with Crippen molar-refractivity contribution in [1.29, 1.82) is 0 Å². The number of furan rings is 1. The van der Waals surface area contributed by atoms with Crippen molar-refractivity contribution in [2.45, 2.75) is 18.6 Å². The van der Waals surface area contributed by atoms with Crippen LogP contribution in [-0.2, 0) is 11.3 Å². The number of rotatable bonds is 6. The van der Waals surface area contributed by atoms with E-state index in [1.807, 2.05) is 55.5 Å². The van der Waals surface area contributed by atoms with Gasteiger partial charge < -0.3 is 9.32 Å². The molecule has 0 fully saturated rings. The van der Waals surface area contributed by atoms with Gasteiger partial charge in [0.25, 0.3) is 0 Å². The minimum atomic E-state index is 0.00719. The number of aryl methyl sites for hydroxylation is 1. The number of aromatic nitrogens is 2. The first kappa shape index (κ1) is 17.2. The molecule has 2 aromatic heterocycles. The molecule has 2 heterocycles. The largest absolute Gasteiger partial charge is 0.467 e. The highest BCUT2D eigenvalue weighted by Crippen LogP contribution is 2.21. The molecule has 25 heavy (non-hydrogen) atoms. The van der Waals surface area contributed by atoms with Gasteiger partial charge in [0.1, 0.15) is 5.76 Å². The number of hydrogen-bond donors (Lipinski definition) is 0. The van der Waals surface area contributed by atoms with Crippen molar-refractivity contribution in [3.8, 4) is 11.3 Å². The summed E-state index contributed by atoms with van der Waals surface area (Å²) < 4.78 is 5.27. The van der Waals surface area contributed by atoms with Crippen LogP contribution in [0.25, 0.3) is 11.3 Å². The molecule has 0 aliphatic carbocycles. The number of hydrogen-bond acceptors (Lipinski definition) is 5. The molecule has 0 unspecified atom stereocenters. The molecule has 0 bridgehead atoms. The van der Waals surface area contributed by atoms with Gasteiger partial charge in [0.05, 0.1) is 24.3 Å². The van der Waals surface area contributed by atoms with Crippen molar-refractivity contribution in [1.82, 2.24) is 14.9 Å². The Morgan fingerprint density at radius 2 is 1.96 bits per heavy atom. The number of nitrogens with zero attached hydrogens (tertiary/aromatic N) is 3. The van der Waals surface area contributed by atoms with E-state index in [2.05, 4.69) is 9.97 Å². The lowest BCUT2D eigenvalue weighted by Gasteiger charge is -2.15. The Hall–Kier alpha value is -2.60. The number of amides is 1. The van der Waals surface area contributed by atoms with E-state index in [-0.39, 0.29) is 11.7 Å². The lowest BCUT2D eigenvalue weighted by Crippen LogP contribution is -2.27. The second-order valence-corrected chi connectivity index (χ2v) is 6.60. The normalized spacial score (nSPS) is 10.6. The summed E-state index contributed by atoms with van der Waals surface area (Å²) in [5, 5.41) is 0.610. The molecule has 0 radical (unpaired) electrons. The smallest absolute Gasteiger partial charge is 0.233 e. The van der Waals surface area contributed by atoms with Gasteiger partial charge in [0.2, 0.25) is 5.91 Å². The third-order valence-corrected chi connectivity index (χ3v) is 4.46. The molecule has 1 aromatic carbocycles. The number of benzene rings is 1. The van der Waals surface area contributed by atoms with Crippen LogP contribution in [0.4, 0.5) is 0 Å². The average Bonchev–Trinajstić information content (AvgIpc) is 3.13. The summed E-state index contributed by atoms with van der Waals surface area (Å²) in [6.07, 6.45) is 1.61. The molecule has 0 saturated heterocycles. The van der Waals surface area contributed by atoms with Gasteiger partial charge in [-0.15, -0.1) is 0 Å². The van der Waals surface area contributed by atoms with Crippen LogP contribution in [0, 0.1) is 6.92 Å². The summed E-state index contributed by atoms with van der Waals surface area (Å²) in [6.45, 7) is 2.39. The van der Waals surface area contributed by atoms with Crippen molar-refractivity contribution in [3.05, 3.63) is 66.2 Å². The van der Waals surface area contributed by atoms with E-state index in [0.29, 0.717) is 11.7 Å². The molecule has 0 atom stereocenters. The molecule has 3 rings (SSSR count). The minimum absolute atomic E-state index is 0.00719. The lowest BCUT2D eigenvalue weighted by molar-refractivity contribution is -0.127. The number of carbonyl (C=O) groups is 1. The summed E-state index contributed by atoms with van der Waals surface area (Å²) in [7, 11) is 1.76. The minimum Gasteiger partial charge on any atom is -0.467 e. The summed E-state index contributed by atoms with van der Waals surface area (Å²) in [5.74, 6) is 1.06. The molecular formula is C19H19N3O2S. The van der Waals surface area contributed by atoms with Gasteiger partial charge in [-0.3, -0.25) is 4.79 Å². The Morgan fingerprint density at radius 3 is 2.68 bits per heavy atom. The van der Waals surface area contributed by atoms with E-state index >= 15 is 0 Å². The molecule has 0 N–H and O–H groups in total. The predicted octanol–water partition coefficient (Wildman–Crippen LogP) is 3.80. The molecule has 6 heteroatoms. The lowest BCUT2D eigenvalue weighted by atomic mass is 10.1. The third kappa shape index (κ3) is 4.70. The van der Waals surface area contributed by atoms with Crippen LogP contribution >= 0.6 is 11.8 Å². The maximum Gasteiger partial charge on any atom is 0.233 e. The second kappa shape index (κ2) is 7.98. The van der Waals surface area contributed by atoms with E-state index in [1.54, 1.807) is 18.2 Å². The van der Waals surface area contributed by atoms with E-state index in [9.17, 15) is 4.79 Å². The van der Waals surface area contributed by atoms with Gasteiger partial charge in [-0.2, -0.15) is 0 Å². The fourth-order valence-corrected chi connectivity index (χ4v) is 3.17. The fourth-order valence-electron chi connectivity index (χ4n) is 2.32. The summed E-state index contributed by atoms with van der Waals surface area (Å²) in [5.41, 5.74) is 2.79. The Kier molecular flexibility index (Phi) is 5.50. The Labute approximate surface area is 151 Å². The SMILES string of the molecule is Cc1cc(-c2ccccc2)nc(SCC(=O)N(C)Cc2ccco2)n1. The standard InChI is InChI=1S/C19H19N3O2S/c1-14-11-17(15-7-4-3-5-8-15)21-19(20-14)25-13-18(23)22(2)12-16-9-6-10-24-16/h3-11H,12-13H2,1-2H3. The van der Waals surface area contributed by atoms with Crippen molar-refractivity contribution >= 4 is 17.7 Å². The van der Waals surface area contributed by atoms with Crippen LogP contribution in [0.5, 0.6) is 0 Å². The van der Waals surface area contributed by atoms with Gasteiger partial charge in [0.15, 0.2) is 5.16 Å². The van der Waals surface area contributed by atoms with Crippen LogP contribution in [0.3, 0.4) is 0 Å². The molecule has 0 aliphatic heterocycles. The second-order valence-electron chi connectivity index (χ2n) is 5.66. The van der Waals surface area contributed by atoms with Crippen molar-refractivity contribution in [2.75, 3.05) is 12.8 Å². The average molecular weight is 353 g/mol. The van der Waals surface area contributed by atoms with Crippen LogP contribution < -0.4 is 0 Å². The number of carbonyl (C=O) groups excluding carboxylic acids is 1. The van der Waals surface area contributed by atoms with E-state index in [4.69, 9.17) is 4.42 Å². The van der Waals surface area contributed by atoms with E-state index < -0.39 is 0 Å². The molecule has 1 amide bonds.